The van der Waals surface area contributed by atoms with E-state index in [9.17, 15) is 0 Å². The van der Waals surface area contributed by atoms with E-state index in [1.54, 1.807) is 0 Å². The topological polar surface area (TPSA) is 32.5 Å². The Morgan fingerprint density at radius 3 is 2.35 bits per heavy atom. The molecule has 0 aromatic heterocycles. The third-order valence-electron chi connectivity index (χ3n) is 3.95. The van der Waals surface area contributed by atoms with Crippen LogP contribution in [0.25, 0.3) is 0 Å². The van der Waals surface area contributed by atoms with Crippen molar-refractivity contribution in [2.24, 2.45) is 11.7 Å². The van der Waals surface area contributed by atoms with Crippen LogP contribution in [0.15, 0.2) is 0 Å². The number of hydrogen-bond acceptors (Lipinski definition) is 3. The first-order chi connectivity index (χ1) is 8.26. The number of nitrogens with two attached hydrogens (primary N) is 1. The summed E-state index contributed by atoms with van der Waals surface area (Å²) in [6.45, 7) is 9.42. The van der Waals surface area contributed by atoms with E-state index in [2.05, 4.69) is 23.8 Å². The summed E-state index contributed by atoms with van der Waals surface area (Å²) in [5.74, 6) is 0.873. The molecule has 1 unspecified atom stereocenters. The molecule has 3 heteroatoms. The first-order valence-corrected chi connectivity index (χ1v) is 7.37. The SMILES string of the molecule is CCCC(CCN)CCCN1CCN(C)CC1. The van der Waals surface area contributed by atoms with Crippen LogP contribution in [0.1, 0.15) is 39.0 Å². The van der Waals surface area contributed by atoms with Crippen molar-refractivity contribution in [1.29, 1.82) is 0 Å². The standard InChI is InChI=1S/C14H31N3/c1-3-5-14(7-8-15)6-4-9-17-12-10-16(2)11-13-17/h14H,3-13,15H2,1-2H3. The molecule has 17 heavy (non-hydrogen) atoms. The van der Waals surface area contributed by atoms with E-state index in [4.69, 9.17) is 5.73 Å². The van der Waals surface area contributed by atoms with Gasteiger partial charge in [-0.3, -0.25) is 0 Å². The Kier molecular flexibility index (Phi) is 7.82. The van der Waals surface area contributed by atoms with Gasteiger partial charge in [-0.05, 0) is 45.3 Å². The molecule has 0 aromatic carbocycles. The van der Waals surface area contributed by atoms with Gasteiger partial charge in [0, 0.05) is 26.2 Å². The minimum atomic E-state index is 0.860. The van der Waals surface area contributed by atoms with Crippen molar-refractivity contribution >= 4 is 0 Å². The van der Waals surface area contributed by atoms with E-state index in [-0.39, 0.29) is 0 Å². The molecule has 0 radical (unpaired) electrons. The van der Waals surface area contributed by atoms with Crippen LogP contribution >= 0.6 is 0 Å². The van der Waals surface area contributed by atoms with Gasteiger partial charge in [-0.2, -0.15) is 0 Å². The summed E-state index contributed by atoms with van der Waals surface area (Å²) in [6.07, 6.45) is 6.61. The molecule has 0 aliphatic carbocycles. The first kappa shape index (κ1) is 14.9. The maximum absolute atomic E-state index is 5.67. The van der Waals surface area contributed by atoms with Gasteiger partial charge in [0.15, 0.2) is 0 Å². The van der Waals surface area contributed by atoms with Gasteiger partial charge in [-0.15, -0.1) is 0 Å². The highest BCUT2D eigenvalue weighted by Gasteiger charge is 2.14. The van der Waals surface area contributed by atoms with E-state index >= 15 is 0 Å². The summed E-state index contributed by atoms with van der Waals surface area (Å²) in [5.41, 5.74) is 5.67. The zero-order valence-corrected chi connectivity index (χ0v) is 11.8. The van der Waals surface area contributed by atoms with Crippen LogP contribution in [0.2, 0.25) is 0 Å². The third-order valence-corrected chi connectivity index (χ3v) is 3.95. The molecule has 0 saturated carbocycles. The molecule has 1 aliphatic heterocycles. The van der Waals surface area contributed by atoms with Gasteiger partial charge in [0.05, 0.1) is 0 Å². The molecule has 1 saturated heterocycles. The van der Waals surface area contributed by atoms with E-state index in [1.807, 2.05) is 0 Å². The van der Waals surface area contributed by atoms with Crippen LogP contribution in [0.3, 0.4) is 0 Å². The Bertz CT molecular complexity index is 170. The molecule has 0 bridgehead atoms. The number of nitrogens with zero attached hydrogens (tertiary/aromatic N) is 2. The highest BCUT2D eigenvalue weighted by atomic mass is 15.2. The Hall–Kier alpha value is -0.120. The van der Waals surface area contributed by atoms with Gasteiger partial charge in [0.25, 0.3) is 0 Å². The van der Waals surface area contributed by atoms with Crippen molar-refractivity contribution in [3.63, 3.8) is 0 Å². The fourth-order valence-electron chi connectivity index (χ4n) is 2.75. The number of piperazine rings is 1. The molecule has 1 rings (SSSR count). The third kappa shape index (κ3) is 6.39. The highest BCUT2D eigenvalue weighted by Crippen LogP contribution is 2.17. The molecule has 1 aliphatic rings. The first-order valence-electron chi connectivity index (χ1n) is 7.37. The molecule has 0 spiro atoms. The lowest BCUT2D eigenvalue weighted by Gasteiger charge is -2.32. The zero-order valence-electron chi connectivity index (χ0n) is 11.8. The molecule has 1 atom stereocenters. The Morgan fingerprint density at radius 1 is 1.06 bits per heavy atom. The maximum Gasteiger partial charge on any atom is 0.0110 e. The zero-order chi connectivity index (χ0) is 12.5. The molecular weight excluding hydrogens is 210 g/mol. The summed E-state index contributed by atoms with van der Waals surface area (Å²) in [5, 5.41) is 0. The normalized spacial score (nSPS) is 20.6. The second-order valence-electron chi connectivity index (χ2n) is 5.52. The largest absolute Gasteiger partial charge is 0.330 e. The summed E-state index contributed by atoms with van der Waals surface area (Å²) in [6, 6.07) is 0. The number of rotatable bonds is 8. The van der Waals surface area contributed by atoms with E-state index < -0.39 is 0 Å². The lowest BCUT2D eigenvalue weighted by molar-refractivity contribution is 0.149. The second-order valence-corrected chi connectivity index (χ2v) is 5.52. The predicted octanol–water partition coefficient (Wildman–Crippen LogP) is 1.78. The summed E-state index contributed by atoms with van der Waals surface area (Å²) >= 11 is 0. The monoisotopic (exact) mass is 241 g/mol. The van der Waals surface area contributed by atoms with Crippen LogP contribution in [0, 0.1) is 5.92 Å². The minimum Gasteiger partial charge on any atom is -0.330 e. The summed E-state index contributed by atoms with van der Waals surface area (Å²) in [7, 11) is 2.22. The van der Waals surface area contributed by atoms with Crippen molar-refractivity contribution in [1.82, 2.24) is 9.80 Å². The van der Waals surface area contributed by atoms with Gasteiger partial charge >= 0.3 is 0 Å². The van der Waals surface area contributed by atoms with Crippen LogP contribution in [0.4, 0.5) is 0 Å². The Morgan fingerprint density at radius 2 is 1.76 bits per heavy atom. The average molecular weight is 241 g/mol. The van der Waals surface area contributed by atoms with E-state index in [1.165, 1.54) is 64.8 Å². The van der Waals surface area contributed by atoms with Crippen molar-refractivity contribution in [2.75, 3.05) is 46.3 Å². The molecule has 1 heterocycles. The van der Waals surface area contributed by atoms with E-state index in [0.29, 0.717) is 0 Å². The van der Waals surface area contributed by atoms with Crippen LogP contribution in [-0.4, -0.2) is 56.1 Å². The Labute approximate surface area is 107 Å². The highest BCUT2D eigenvalue weighted by molar-refractivity contribution is 4.70. The van der Waals surface area contributed by atoms with Gasteiger partial charge in [-0.25, -0.2) is 0 Å². The van der Waals surface area contributed by atoms with Crippen LogP contribution in [0.5, 0.6) is 0 Å². The predicted molar refractivity (Wildman–Crippen MR) is 75.2 cm³/mol. The van der Waals surface area contributed by atoms with Crippen molar-refractivity contribution in [3.8, 4) is 0 Å². The van der Waals surface area contributed by atoms with Gasteiger partial charge < -0.3 is 15.5 Å². The lowest BCUT2D eigenvalue weighted by Crippen LogP contribution is -2.44. The summed E-state index contributed by atoms with van der Waals surface area (Å²) < 4.78 is 0. The number of hydrogen-bond donors (Lipinski definition) is 1. The fourth-order valence-corrected chi connectivity index (χ4v) is 2.75. The van der Waals surface area contributed by atoms with Gasteiger partial charge in [-0.1, -0.05) is 19.8 Å². The van der Waals surface area contributed by atoms with Crippen LogP contribution < -0.4 is 5.73 Å². The maximum atomic E-state index is 5.67. The minimum absolute atomic E-state index is 0.860. The smallest absolute Gasteiger partial charge is 0.0110 e. The quantitative estimate of drug-likeness (QED) is 0.703. The molecule has 0 amide bonds. The van der Waals surface area contributed by atoms with Gasteiger partial charge in [0.2, 0.25) is 0 Å². The fraction of sp³-hybridized carbons (Fsp3) is 1.00. The summed E-state index contributed by atoms with van der Waals surface area (Å²) in [4.78, 5) is 5.04. The molecular formula is C14H31N3. The molecule has 3 nitrogen and oxygen atoms in total. The molecule has 1 fully saturated rings. The van der Waals surface area contributed by atoms with Gasteiger partial charge in [0.1, 0.15) is 0 Å². The molecule has 0 aromatic rings. The number of likely N-dealkylation sites (N-methyl/N-ethyl adjacent to an activating group) is 1. The molecule has 102 valence electrons. The average Bonchev–Trinajstić information content (AvgIpc) is 2.32. The Balaban J connectivity index is 2.08. The molecule has 2 N–H and O–H groups in total. The van der Waals surface area contributed by atoms with E-state index in [0.717, 1.165) is 12.5 Å². The second kappa shape index (κ2) is 8.90. The van der Waals surface area contributed by atoms with Crippen molar-refractivity contribution in [3.05, 3.63) is 0 Å². The lowest BCUT2D eigenvalue weighted by atomic mass is 9.94. The van der Waals surface area contributed by atoms with Crippen molar-refractivity contribution < 1.29 is 0 Å². The van der Waals surface area contributed by atoms with Crippen LogP contribution in [-0.2, 0) is 0 Å². The van der Waals surface area contributed by atoms with Crippen molar-refractivity contribution in [2.45, 2.75) is 39.0 Å².